The molecule has 2 aromatic rings. The minimum Gasteiger partial charge on any atom is -0.550 e. The zero-order valence-electron chi connectivity index (χ0n) is 32.8. The number of nitrogens with zero attached hydrogens (tertiary/aromatic N) is 3. The lowest BCUT2D eigenvalue weighted by atomic mass is 10.1. The molecule has 0 amide bonds. The van der Waals surface area contributed by atoms with Crippen LogP contribution in [0.5, 0.6) is 0 Å². The highest BCUT2D eigenvalue weighted by Gasteiger charge is 2.24. The van der Waals surface area contributed by atoms with Crippen LogP contribution in [0.15, 0.2) is 60.7 Å². The first kappa shape index (κ1) is 46.3. The molecule has 0 bridgehead atoms. The van der Waals surface area contributed by atoms with Gasteiger partial charge in [-0.3, -0.25) is 4.90 Å². The Kier molecular flexibility index (Phi) is 26.4. The summed E-state index contributed by atoms with van der Waals surface area (Å²) in [4.78, 5) is 23.9. The molecule has 0 aliphatic heterocycles. The maximum Gasteiger partial charge on any atom is 0.0783 e. The number of carbonyl (C=O) groups excluding carboxylic acids is 2. The lowest BCUT2D eigenvalue weighted by Crippen LogP contribution is -2.50. The number of carbonyl (C=O) groups is 2. The van der Waals surface area contributed by atoms with Gasteiger partial charge in [-0.1, -0.05) is 116 Å². The van der Waals surface area contributed by atoms with Crippen LogP contribution < -0.4 is 10.2 Å². The van der Waals surface area contributed by atoms with Crippen LogP contribution >= 0.6 is 0 Å². The van der Waals surface area contributed by atoms with E-state index in [0.29, 0.717) is 13.1 Å². The van der Waals surface area contributed by atoms with Gasteiger partial charge in [0.1, 0.15) is 0 Å². The molecule has 1 atom stereocenters. The first-order valence-corrected chi connectivity index (χ1v) is 19.5. The third-order valence-corrected chi connectivity index (χ3v) is 9.11. The fourth-order valence-electron chi connectivity index (χ4n) is 7.57. The molecule has 49 heavy (non-hydrogen) atoms. The molecular formula is C42H73N3O4. The van der Waals surface area contributed by atoms with E-state index in [4.69, 9.17) is 0 Å². The van der Waals surface area contributed by atoms with Gasteiger partial charge in [0.2, 0.25) is 0 Å². The average Bonchev–Trinajstić information content (AvgIpc) is 3.06. The summed E-state index contributed by atoms with van der Waals surface area (Å²) < 4.78 is 2.75. The van der Waals surface area contributed by atoms with Gasteiger partial charge in [0.15, 0.2) is 0 Å². The molecule has 2 aromatic carbocycles. The Hall–Kier alpha value is -2.74. The molecule has 0 saturated carbocycles. The van der Waals surface area contributed by atoms with E-state index in [2.05, 4.69) is 55.4 Å². The van der Waals surface area contributed by atoms with Crippen molar-refractivity contribution in [1.82, 2.24) is 4.90 Å². The molecule has 0 aliphatic carbocycles. The van der Waals surface area contributed by atoms with Crippen molar-refractivity contribution < 1.29 is 28.8 Å². The van der Waals surface area contributed by atoms with Crippen LogP contribution in [0, 0.1) is 0 Å². The van der Waals surface area contributed by atoms with Gasteiger partial charge < -0.3 is 28.8 Å². The van der Waals surface area contributed by atoms with Crippen molar-refractivity contribution in [2.45, 2.75) is 132 Å². The Bertz CT molecular complexity index is 951. The van der Waals surface area contributed by atoms with Crippen molar-refractivity contribution in [1.29, 1.82) is 0 Å². The topological polar surface area (TPSA) is 83.5 Å². The second kappa shape index (κ2) is 28.0. The third-order valence-electron chi connectivity index (χ3n) is 9.11. The van der Waals surface area contributed by atoms with Crippen LogP contribution in [0.25, 0.3) is 0 Å². The lowest BCUT2D eigenvalue weighted by molar-refractivity contribution is -0.928. The average molecular weight is 684 g/mol. The second-order valence-electron chi connectivity index (χ2n) is 13.8. The highest BCUT2D eigenvalue weighted by Crippen LogP contribution is 2.16. The van der Waals surface area contributed by atoms with Crippen molar-refractivity contribution in [2.24, 2.45) is 0 Å². The SMILES string of the molecule is CCC[N+](CCC)(CCC)CCC.CCC[N+](CCC)(CCC)CCC.O=C([O-])C[C@@H](C(=O)[O-])N(Cc1ccccc1)Cc1ccccc1. The molecule has 280 valence electrons. The first-order chi connectivity index (χ1) is 23.5. The van der Waals surface area contributed by atoms with E-state index in [-0.39, 0.29) is 0 Å². The predicted octanol–water partition coefficient (Wildman–Crippen LogP) is 6.83. The zero-order chi connectivity index (χ0) is 37.0. The van der Waals surface area contributed by atoms with E-state index in [1.165, 1.54) is 113 Å². The third kappa shape index (κ3) is 19.9. The molecule has 0 fully saturated rings. The fourth-order valence-corrected chi connectivity index (χ4v) is 7.57. The molecule has 7 heteroatoms. The summed E-state index contributed by atoms with van der Waals surface area (Å²) in [5.74, 6) is -2.83. The highest BCUT2D eigenvalue weighted by molar-refractivity contribution is 5.78. The molecular weight excluding hydrogens is 610 g/mol. The van der Waals surface area contributed by atoms with Crippen LogP contribution in [0.1, 0.15) is 124 Å². The zero-order valence-corrected chi connectivity index (χ0v) is 32.8. The van der Waals surface area contributed by atoms with Gasteiger partial charge in [-0.25, -0.2) is 0 Å². The Morgan fingerprint density at radius 1 is 0.510 bits per heavy atom. The number of benzene rings is 2. The maximum absolute atomic E-state index is 11.4. The summed E-state index contributed by atoms with van der Waals surface area (Å²) in [7, 11) is 0. The number of quaternary nitrogens is 2. The second-order valence-corrected chi connectivity index (χ2v) is 13.8. The van der Waals surface area contributed by atoms with E-state index in [9.17, 15) is 19.8 Å². The van der Waals surface area contributed by atoms with E-state index >= 15 is 0 Å². The molecule has 0 radical (unpaired) electrons. The Morgan fingerprint density at radius 2 is 0.776 bits per heavy atom. The molecule has 0 heterocycles. The van der Waals surface area contributed by atoms with Crippen molar-refractivity contribution in [3.8, 4) is 0 Å². The summed E-state index contributed by atoms with van der Waals surface area (Å²) in [6.07, 6.45) is 10.1. The van der Waals surface area contributed by atoms with E-state index < -0.39 is 24.4 Å². The standard InChI is InChI=1S/C18H19NO4.2C12H28N/c20-17(21)11-16(18(22)23)19(12-14-7-3-1-4-8-14)13-15-9-5-2-6-10-15;2*1-5-9-13(10-6-2,11-7-3)12-8-4/h1-10,16H,11-13H2,(H,20,21)(H,22,23);2*5-12H2,1-4H3/q;2*+1/p-2/t16-;;/m0../s1. The molecule has 2 rings (SSSR count). The summed E-state index contributed by atoms with van der Waals surface area (Å²) in [5.41, 5.74) is 1.79. The van der Waals surface area contributed by atoms with Gasteiger partial charge in [-0.05, 0) is 62.5 Å². The summed E-state index contributed by atoms with van der Waals surface area (Å²) in [5, 5.41) is 22.3. The number of hydrogen-bond donors (Lipinski definition) is 0. The molecule has 7 nitrogen and oxygen atoms in total. The minimum atomic E-state index is -1.42. The van der Waals surface area contributed by atoms with Crippen LogP contribution in [-0.4, -0.2) is 84.2 Å². The molecule has 0 aromatic heterocycles. The van der Waals surface area contributed by atoms with Gasteiger partial charge in [-0.2, -0.15) is 0 Å². The Labute approximate surface area is 301 Å². The number of rotatable bonds is 24. The molecule has 0 aliphatic rings. The van der Waals surface area contributed by atoms with Crippen molar-refractivity contribution in [3.63, 3.8) is 0 Å². The summed E-state index contributed by atoms with van der Waals surface area (Å²) >= 11 is 0. The van der Waals surface area contributed by atoms with Gasteiger partial charge in [0.05, 0.1) is 64.4 Å². The number of carboxylic acid groups (broad SMARTS) is 2. The number of aliphatic carboxylic acids is 2. The van der Waals surface area contributed by atoms with Crippen LogP contribution in [0.2, 0.25) is 0 Å². The minimum absolute atomic E-state index is 0.307. The van der Waals surface area contributed by atoms with Crippen LogP contribution in [-0.2, 0) is 22.7 Å². The molecule has 0 saturated heterocycles. The van der Waals surface area contributed by atoms with Crippen molar-refractivity contribution in [2.75, 3.05) is 52.4 Å². The normalized spacial score (nSPS) is 12.0. The van der Waals surface area contributed by atoms with Crippen molar-refractivity contribution >= 4 is 11.9 Å². The molecule has 0 unspecified atom stereocenters. The molecule has 0 N–H and O–H groups in total. The van der Waals surface area contributed by atoms with Crippen molar-refractivity contribution in [3.05, 3.63) is 71.8 Å². The summed E-state index contributed by atoms with van der Waals surface area (Å²) in [6, 6.07) is 17.3. The maximum atomic E-state index is 11.4. The largest absolute Gasteiger partial charge is 0.550 e. The van der Waals surface area contributed by atoms with Gasteiger partial charge in [0, 0.05) is 25.5 Å². The van der Waals surface area contributed by atoms with E-state index in [1.807, 2.05) is 60.7 Å². The van der Waals surface area contributed by atoms with E-state index in [0.717, 1.165) is 11.1 Å². The van der Waals surface area contributed by atoms with Crippen LogP contribution in [0.3, 0.4) is 0 Å². The fraction of sp³-hybridized carbons (Fsp3) is 0.667. The van der Waals surface area contributed by atoms with Crippen LogP contribution in [0.4, 0.5) is 0 Å². The van der Waals surface area contributed by atoms with E-state index in [1.54, 1.807) is 4.90 Å². The first-order valence-electron chi connectivity index (χ1n) is 19.5. The Morgan fingerprint density at radius 3 is 0.980 bits per heavy atom. The molecule has 0 spiro atoms. The monoisotopic (exact) mass is 684 g/mol. The highest BCUT2D eigenvalue weighted by atomic mass is 16.4. The lowest BCUT2D eigenvalue weighted by Gasteiger charge is -2.38. The number of carboxylic acids is 2. The van der Waals surface area contributed by atoms with Gasteiger partial charge in [-0.15, -0.1) is 0 Å². The summed E-state index contributed by atoms with van der Waals surface area (Å²) in [6.45, 7) is 30.2. The number of hydrogen-bond acceptors (Lipinski definition) is 5. The van der Waals surface area contributed by atoms with Gasteiger partial charge >= 0.3 is 0 Å². The predicted molar refractivity (Wildman–Crippen MR) is 202 cm³/mol. The van der Waals surface area contributed by atoms with Gasteiger partial charge in [0.25, 0.3) is 0 Å². The Balaban J connectivity index is 0.000000763. The smallest absolute Gasteiger partial charge is 0.0783 e. The quantitative estimate of drug-likeness (QED) is 0.113.